The van der Waals surface area contributed by atoms with E-state index in [0.717, 1.165) is 19.3 Å². The quantitative estimate of drug-likeness (QED) is 0.312. The maximum atomic E-state index is 12.7. The number of oxime groups is 1. The molecule has 0 aromatic carbocycles. The zero-order chi connectivity index (χ0) is 13.8. The van der Waals surface area contributed by atoms with E-state index in [1.807, 2.05) is 6.26 Å². The first kappa shape index (κ1) is 15.4. The van der Waals surface area contributed by atoms with Crippen LogP contribution in [-0.4, -0.2) is 41.3 Å². The number of nitrogens with two attached hydrogens (primary N) is 1. The zero-order valence-corrected chi connectivity index (χ0v) is 10.9. The Bertz CT molecular complexity index is 299. The van der Waals surface area contributed by atoms with Gasteiger partial charge in [-0.05, 0) is 19.1 Å². The minimum Gasteiger partial charge on any atom is -0.409 e. The molecule has 1 aliphatic carbocycles. The highest BCUT2D eigenvalue weighted by molar-refractivity contribution is 7.99. The van der Waals surface area contributed by atoms with Crippen LogP contribution in [0.4, 0.5) is 13.2 Å². The first-order valence-electron chi connectivity index (χ1n) is 5.70. The molecule has 4 N–H and O–H groups in total. The van der Waals surface area contributed by atoms with Crippen LogP contribution in [0.2, 0.25) is 0 Å². The van der Waals surface area contributed by atoms with Crippen LogP contribution in [0.15, 0.2) is 5.16 Å². The summed E-state index contributed by atoms with van der Waals surface area (Å²) in [5.74, 6) is -2.74. The van der Waals surface area contributed by atoms with Gasteiger partial charge in [0.25, 0.3) is 0 Å². The highest BCUT2D eigenvalue weighted by Gasteiger charge is 2.43. The lowest BCUT2D eigenvalue weighted by Gasteiger charge is -2.24. The van der Waals surface area contributed by atoms with Gasteiger partial charge in [0.2, 0.25) is 0 Å². The van der Waals surface area contributed by atoms with E-state index >= 15 is 0 Å². The Labute approximate surface area is 108 Å². The Hall–Kier alpha value is -0.630. The fourth-order valence-corrected chi connectivity index (χ4v) is 3.13. The van der Waals surface area contributed by atoms with E-state index in [1.165, 1.54) is 0 Å². The predicted octanol–water partition coefficient (Wildman–Crippen LogP) is 1.78. The van der Waals surface area contributed by atoms with Gasteiger partial charge in [-0.25, -0.2) is 0 Å². The van der Waals surface area contributed by atoms with E-state index in [1.54, 1.807) is 11.8 Å². The lowest BCUT2D eigenvalue weighted by Crippen LogP contribution is -2.46. The zero-order valence-electron chi connectivity index (χ0n) is 10.1. The van der Waals surface area contributed by atoms with Crippen molar-refractivity contribution in [3.63, 3.8) is 0 Å². The molecule has 0 aromatic heterocycles. The molecule has 0 heterocycles. The summed E-state index contributed by atoms with van der Waals surface area (Å²) in [6.07, 6.45) is 0.348. The van der Waals surface area contributed by atoms with Crippen molar-refractivity contribution in [2.75, 3.05) is 12.8 Å². The topological polar surface area (TPSA) is 70.6 Å². The number of rotatable bonds is 5. The molecular formula is C10H18F3N3OS. The number of nitrogens with one attached hydrogen (secondary N) is 1. The molecule has 18 heavy (non-hydrogen) atoms. The van der Waals surface area contributed by atoms with Crippen LogP contribution in [0.3, 0.4) is 0 Å². The average Bonchev–Trinajstić information content (AvgIpc) is 2.74. The number of thioether (sulfide) groups is 1. The molecule has 1 rings (SSSR count). The Morgan fingerprint density at radius 2 is 2.22 bits per heavy atom. The van der Waals surface area contributed by atoms with Crippen LogP contribution in [-0.2, 0) is 0 Å². The molecule has 3 unspecified atom stereocenters. The second-order valence-corrected chi connectivity index (χ2v) is 5.42. The van der Waals surface area contributed by atoms with Gasteiger partial charge in [-0.15, -0.1) is 0 Å². The number of halogens is 3. The Morgan fingerprint density at radius 1 is 1.56 bits per heavy atom. The number of amidine groups is 1. The molecule has 106 valence electrons. The summed E-state index contributed by atoms with van der Waals surface area (Å²) in [5.41, 5.74) is 5.09. The molecule has 1 aliphatic rings. The van der Waals surface area contributed by atoms with Gasteiger partial charge in [-0.2, -0.15) is 24.9 Å². The van der Waals surface area contributed by atoms with E-state index < -0.39 is 17.9 Å². The van der Waals surface area contributed by atoms with Crippen LogP contribution >= 0.6 is 11.8 Å². The van der Waals surface area contributed by atoms with Crippen molar-refractivity contribution < 1.29 is 18.4 Å². The van der Waals surface area contributed by atoms with Crippen molar-refractivity contribution in [2.45, 2.75) is 36.7 Å². The van der Waals surface area contributed by atoms with Crippen LogP contribution in [0.25, 0.3) is 0 Å². The lowest BCUT2D eigenvalue weighted by molar-refractivity contribution is -0.155. The molecule has 0 aliphatic heterocycles. The molecule has 8 heteroatoms. The molecule has 1 fully saturated rings. The first-order chi connectivity index (χ1) is 8.40. The molecule has 0 saturated heterocycles. The summed E-state index contributed by atoms with van der Waals surface area (Å²) >= 11 is 1.66. The monoisotopic (exact) mass is 285 g/mol. The van der Waals surface area contributed by atoms with Crippen molar-refractivity contribution in [1.82, 2.24) is 5.32 Å². The second kappa shape index (κ2) is 6.51. The molecule has 3 atom stereocenters. The van der Waals surface area contributed by atoms with E-state index in [2.05, 4.69) is 10.5 Å². The Balaban J connectivity index is 2.57. The van der Waals surface area contributed by atoms with Gasteiger partial charge in [0.15, 0.2) is 5.84 Å². The third-order valence-electron chi connectivity index (χ3n) is 3.21. The molecule has 0 bridgehead atoms. The van der Waals surface area contributed by atoms with Crippen molar-refractivity contribution in [3.05, 3.63) is 0 Å². The van der Waals surface area contributed by atoms with Gasteiger partial charge >= 0.3 is 6.18 Å². The highest BCUT2D eigenvalue weighted by atomic mass is 32.2. The van der Waals surface area contributed by atoms with Crippen LogP contribution < -0.4 is 11.1 Å². The standard InChI is InChI=1S/C10H18F3N3OS/c1-18-8-4-2-3-7(8)15-5-6(9(14)16-17)10(11,12)13/h6-8,15,17H,2-5H2,1H3,(H2,14,16). The van der Waals surface area contributed by atoms with Crippen molar-refractivity contribution in [3.8, 4) is 0 Å². The van der Waals surface area contributed by atoms with Gasteiger partial charge in [0.1, 0.15) is 5.92 Å². The average molecular weight is 285 g/mol. The highest BCUT2D eigenvalue weighted by Crippen LogP contribution is 2.30. The summed E-state index contributed by atoms with van der Waals surface area (Å²) in [7, 11) is 0. The van der Waals surface area contributed by atoms with Gasteiger partial charge in [-0.3, -0.25) is 0 Å². The minimum absolute atomic E-state index is 0.0661. The summed E-state index contributed by atoms with van der Waals surface area (Å²) in [4.78, 5) is 0. The molecule has 4 nitrogen and oxygen atoms in total. The maximum absolute atomic E-state index is 12.7. The van der Waals surface area contributed by atoms with E-state index in [4.69, 9.17) is 10.9 Å². The molecular weight excluding hydrogens is 267 g/mol. The number of nitrogens with zero attached hydrogens (tertiary/aromatic N) is 1. The van der Waals surface area contributed by atoms with E-state index in [-0.39, 0.29) is 12.6 Å². The van der Waals surface area contributed by atoms with Crippen molar-refractivity contribution in [1.29, 1.82) is 0 Å². The largest absolute Gasteiger partial charge is 0.409 e. The lowest BCUT2D eigenvalue weighted by atomic mass is 10.1. The smallest absolute Gasteiger partial charge is 0.400 e. The van der Waals surface area contributed by atoms with Gasteiger partial charge in [0, 0.05) is 17.8 Å². The van der Waals surface area contributed by atoms with Gasteiger partial charge in [0.05, 0.1) is 0 Å². The second-order valence-electron chi connectivity index (χ2n) is 4.34. The third-order valence-corrected chi connectivity index (χ3v) is 4.38. The van der Waals surface area contributed by atoms with Crippen LogP contribution in [0.1, 0.15) is 19.3 Å². The summed E-state index contributed by atoms with van der Waals surface area (Å²) < 4.78 is 38.1. The molecule has 0 aromatic rings. The molecule has 0 amide bonds. The Morgan fingerprint density at radius 3 is 2.72 bits per heavy atom. The summed E-state index contributed by atoms with van der Waals surface area (Å²) in [6, 6.07) is 0.0661. The SMILES string of the molecule is CSC1CCCC1NCC(C(N)=NO)C(F)(F)F. The van der Waals surface area contributed by atoms with Crippen LogP contribution in [0.5, 0.6) is 0 Å². The number of hydrogen-bond acceptors (Lipinski definition) is 4. The first-order valence-corrected chi connectivity index (χ1v) is 6.99. The fraction of sp³-hybridized carbons (Fsp3) is 0.900. The fourth-order valence-electron chi connectivity index (χ4n) is 2.17. The molecule has 0 spiro atoms. The number of alkyl halides is 3. The number of hydrogen-bond donors (Lipinski definition) is 3. The van der Waals surface area contributed by atoms with Crippen molar-refractivity contribution >= 4 is 17.6 Å². The third kappa shape index (κ3) is 3.94. The van der Waals surface area contributed by atoms with Crippen molar-refractivity contribution in [2.24, 2.45) is 16.8 Å². The van der Waals surface area contributed by atoms with Gasteiger partial charge in [-0.1, -0.05) is 11.6 Å². The van der Waals surface area contributed by atoms with E-state index in [9.17, 15) is 13.2 Å². The molecule has 0 radical (unpaired) electrons. The summed E-state index contributed by atoms with van der Waals surface area (Å²) in [5, 5.41) is 14.1. The van der Waals surface area contributed by atoms with Gasteiger partial charge < -0.3 is 16.3 Å². The minimum atomic E-state index is -4.50. The molecule has 1 saturated carbocycles. The predicted molar refractivity (Wildman–Crippen MR) is 65.9 cm³/mol. The Kier molecular flexibility index (Phi) is 5.58. The van der Waals surface area contributed by atoms with E-state index in [0.29, 0.717) is 5.25 Å². The normalized spacial score (nSPS) is 27.4. The van der Waals surface area contributed by atoms with Crippen LogP contribution in [0, 0.1) is 5.92 Å². The summed E-state index contributed by atoms with van der Waals surface area (Å²) in [6.45, 7) is -0.346. The maximum Gasteiger partial charge on any atom is 0.400 e.